The van der Waals surface area contributed by atoms with E-state index in [9.17, 15) is 4.39 Å². The third kappa shape index (κ3) is 3.43. The summed E-state index contributed by atoms with van der Waals surface area (Å²) in [6, 6.07) is 4.36. The molecule has 3 rings (SSSR count). The van der Waals surface area contributed by atoms with Crippen LogP contribution in [0.2, 0.25) is 0 Å². The molecule has 1 aromatic rings. The van der Waals surface area contributed by atoms with E-state index in [-0.39, 0.29) is 0 Å². The molecule has 0 aromatic carbocycles. The minimum absolute atomic E-state index is 0.421. The summed E-state index contributed by atoms with van der Waals surface area (Å²) in [6.07, 6.45) is 1.06. The number of ether oxygens (including phenoxy) is 1. The van der Waals surface area contributed by atoms with Gasteiger partial charge in [-0.3, -0.25) is 9.88 Å². The van der Waals surface area contributed by atoms with E-state index in [2.05, 4.69) is 30.9 Å². The van der Waals surface area contributed by atoms with Crippen LogP contribution in [0.4, 0.5) is 4.39 Å². The van der Waals surface area contributed by atoms with Crippen molar-refractivity contribution in [1.29, 1.82) is 0 Å². The summed E-state index contributed by atoms with van der Waals surface area (Å²) in [4.78, 5) is 7.08. The van der Waals surface area contributed by atoms with E-state index in [1.165, 1.54) is 5.56 Å². The van der Waals surface area contributed by atoms with Gasteiger partial charge in [-0.05, 0) is 30.4 Å². The maximum absolute atomic E-state index is 13.4. The number of halogens is 1. The number of hydrogen-bond donors (Lipinski definition) is 0. The summed E-state index contributed by atoms with van der Waals surface area (Å²) in [6.45, 7) is 8.12. The van der Waals surface area contributed by atoms with Crippen LogP contribution in [-0.2, 0) is 11.3 Å². The molecule has 0 bridgehead atoms. The molecular formula is C17H25FN2O. The summed E-state index contributed by atoms with van der Waals surface area (Å²) in [5.74, 6) is 0.877. The Bertz CT molecular complexity index is 486. The molecular weight excluding hydrogens is 267 g/mol. The Morgan fingerprint density at radius 2 is 2.24 bits per heavy atom. The third-order valence-electron chi connectivity index (χ3n) is 4.58. The Hall–Kier alpha value is -1.00. The van der Waals surface area contributed by atoms with Gasteiger partial charge >= 0.3 is 0 Å². The van der Waals surface area contributed by atoms with E-state index in [1.54, 1.807) is 0 Å². The van der Waals surface area contributed by atoms with Crippen LogP contribution >= 0.6 is 0 Å². The molecule has 2 aliphatic heterocycles. The summed E-state index contributed by atoms with van der Waals surface area (Å²) in [5, 5.41) is 0. The average molecular weight is 292 g/mol. The molecule has 0 spiro atoms. The van der Waals surface area contributed by atoms with Crippen LogP contribution in [0.25, 0.3) is 0 Å². The first-order chi connectivity index (χ1) is 10.1. The lowest BCUT2D eigenvalue weighted by atomic mass is 9.95. The molecule has 0 radical (unpaired) electrons. The number of alkyl halides is 1. The molecule has 2 fully saturated rings. The maximum Gasteiger partial charge on any atom is 0.114 e. The highest BCUT2D eigenvalue weighted by Gasteiger charge is 2.26. The molecule has 0 N–H and O–H groups in total. The maximum atomic E-state index is 13.4. The molecule has 2 saturated heterocycles. The molecule has 21 heavy (non-hydrogen) atoms. The van der Waals surface area contributed by atoms with Crippen molar-refractivity contribution in [2.75, 3.05) is 26.3 Å². The molecule has 0 aliphatic carbocycles. The van der Waals surface area contributed by atoms with E-state index in [4.69, 9.17) is 9.72 Å². The van der Waals surface area contributed by atoms with Crippen molar-refractivity contribution in [3.63, 3.8) is 0 Å². The van der Waals surface area contributed by atoms with Gasteiger partial charge in [0.15, 0.2) is 0 Å². The zero-order valence-electron chi connectivity index (χ0n) is 13.0. The predicted molar refractivity (Wildman–Crippen MR) is 81.3 cm³/mol. The Labute approximate surface area is 126 Å². The van der Waals surface area contributed by atoms with Crippen LogP contribution in [0, 0.1) is 0 Å². The van der Waals surface area contributed by atoms with E-state index in [0.717, 1.165) is 44.1 Å². The first-order valence-electron chi connectivity index (χ1n) is 8.07. The van der Waals surface area contributed by atoms with Crippen molar-refractivity contribution in [1.82, 2.24) is 9.88 Å². The van der Waals surface area contributed by atoms with Crippen molar-refractivity contribution < 1.29 is 9.13 Å². The van der Waals surface area contributed by atoms with Gasteiger partial charge in [-0.15, -0.1) is 0 Å². The fraction of sp³-hybridized carbons (Fsp3) is 0.706. The van der Waals surface area contributed by atoms with Gasteiger partial charge in [-0.1, -0.05) is 19.9 Å². The molecule has 0 saturated carbocycles. The lowest BCUT2D eigenvalue weighted by Gasteiger charge is -2.20. The second-order valence-corrected chi connectivity index (χ2v) is 6.61. The fourth-order valence-corrected chi connectivity index (χ4v) is 3.27. The van der Waals surface area contributed by atoms with Crippen LogP contribution in [-0.4, -0.2) is 42.4 Å². The Kier molecular flexibility index (Phi) is 4.55. The van der Waals surface area contributed by atoms with Gasteiger partial charge in [0.25, 0.3) is 0 Å². The molecule has 2 atom stereocenters. The summed E-state index contributed by atoms with van der Waals surface area (Å²) < 4.78 is 18.9. The predicted octanol–water partition coefficient (Wildman–Crippen LogP) is 3.25. The lowest BCUT2D eigenvalue weighted by Crippen LogP contribution is -2.23. The van der Waals surface area contributed by atoms with Gasteiger partial charge in [-0.2, -0.15) is 0 Å². The highest BCUT2D eigenvalue weighted by Crippen LogP contribution is 2.30. The number of pyridine rings is 1. The number of likely N-dealkylation sites (tertiary alicyclic amines) is 1. The molecule has 3 nitrogen and oxygen atoms in total. The normalized spacial score (nSPS) is 26.9. The van der Waals surface area contributed by atoms with E-state index < -0.39 is 6.17 Å². The van der Waals surface area contributed by atoms with Crippen LogP contribution in [0.15, 0.2) is 12.1 Å². The molecule has 4 heteroatoms. The highest BCUT2D eigenvalue weighted by molar-refractivity contribution is 5.29. The van der Waals surface area contributed by atoms with Crippen molar-refractivity contribution in [3.05, 3.63) is 29.1 Å². The van der Waals surface area contributed by atoms with Crippen LogP contribution in [0.5, 0.6) is 0 Å². The summed E-state index contributed by atoms with van der Waals surface area (Å²) in [5.41, 5.74) is 3.56. The topological polar surface area (TPSA) is 25.4 Å². The fourth-order valence-electron chi connectivity index (χ4n) is 3.27. The van der Waals surface area contributed by atoms with Gasteiger partial charge in [0.05, 0.1) is 12.3 Å². The SMILES string of the molecule is CC(C)c1ccc([C@@H]2CCOC2)c(CN2CC[C@@H](F)C2)n1. The Balaban J connectivity index is 1.84. The zero-order valence-corrected chi connectivity index (χ0v) is 13.0. The van der Waals surface area contributed by atoms with Crippen molar-refractivity contribution in [2.45, 2.75) is 51.2 Å². The monoisotopic (exact) mass is 292 g/mol. The van der Waals surface area contributed by atoms with Gasteiger partial charge in [-0.25, -0.2) is 4.39 Å². The van der Waals surface area contributed by atoms with Crippen molar-refractivity contribution >= 4 is 0 Å². The van der Waals surface area contributed by atoms with Crippen molar-refractivity contribution in [3.8, 4) is 0 Å². The number of hydrogen-bond acceptors (Lipinski definition) is 3. The van der Waals surface area contributed by atoms with Gasteiger partial charge in [0.1, 0.15) is 6.17 Å². The molecule has 1 aromatic heterocycles. The van der Waals surface area contributed by atoms with Crippen LogP contribution in [0.3, 0.4) is 0 Å². The minimum Gasteiger partial charge on any atom is -0.381 e. The molecule has 0 amide bonds. The summed E-state index contributed by atoms with van der Waals surface area (Å²) >= 11 is 0. The Morgan fingerprint density at radius 1 is 1.38 bits per heavy atom. The molecule has 116 valence electrons. The van der Waals surface area contributed by atoms with Gasteiger partial charge < -0.3 is 4.74 Å². The van der Waals surface area contributed by atoms with Gasteiger partial charge in [0.2, 0.25) is 0 Å². The molecule has 0 unspecified atom stereocenters. The molecule has 3 heterocycles. The smallest absolute Gasteiger partial charge is 0.114 e. The standard InChI is InChI=1S/C17H25FN2O/c1-12(2)16-4-3-15(13-6-8-21-11-13)17(19-16)10-20-7-5-14(18)9-20/h3-4,12-14H,5-11H2,1-2H3/t13-,14-/m1/s1. The van der Waals surface area contributed by atoms with E-state index in [1.807, 2.05) is 0 Å². The number of aromatic nitrogens is 1. The van der Waals surface area contributed by atoms with Crippen LogP contribution < -0.4 is 0 Å². The van der Waals surface area contributed by atoms with E-state index >= 15 is 0 Å². The summed E-state index contributed by atoms with van der Waals surface area (Å²) in [7, 11) is 0. The lowest BCUT2D eigenvalue weighted by molar-refractivity contribution is 0.193. The average Bonchev–Trinajstić information content (AvgIpc) is 3.10. The highest BCUT2D eigenvalue weighted by atomic mass is 19.1. The van der Waals surface area contributed by atoms with Gasteiger partial charge in [0, 0.05) is 37.9 Å². The number of rotatable bonds is 4. The van der Waals surface area contributed by atoms with Crippen molar-refractivity contribution in [2.24, 2.45) is 0 Å². The first kappa shape index (κ1) is 14.9. The third-order valence-corrected chi connectivity index (χ3v) is 4.58. The molecule has 2 aliphatic rings. The zero-order chi connectivity index (χ0) is 14.8. The first-order valence-corrected chi connectivity index (χ1v) is 8.07. The van der Waals surface area contributed by atoms with E-state index in [0.29, 0.717) is 24.8 Å². The second kappa shape index (κ2) is 6.41. The second-order valence-electron chi connectivity index (χ2n) is 6.61. The quantitative estimate of drug-likeness (QED) is 0.852. The number of nitrogens with zero attached hydrogens (tertiary/aromatic N) is 2. The largest absolute Gasteiger partial charge is 0.381 e. The van der Waals surface area contributed by atoms with Crippen LogP contribution in [0.1, 0.15) is 55.5 Å². The Morgan fingerprint density at radius 3 is 2.86 bits per heavy atom. The minimum atomic E-state index is -0.670.